The molecule has 0 saturated heterocycles. The highest BCUT2D eigenvalue weighted by molar-refractivity contribution is 7.95. The van der Waals surface area contributed by atoms with Crippen LogP contribution in [0.3, 0.4) is 0 Å². The van der Waals surface area contributed by atoms with Gasteiger partial charge >= 0.3 is 0 Å². The van der Waals surface area contributed by atoms with Crippen molar-refractivity contribution in [1.82, 2.24) is 0 Å². The van der Waals surface area contributed by atoms with Crippen LogP contribution in [0.2, 0.25) is 0 Å². The first kappa shape index (κ1) is 15.9. The van der Waals surface area contributed by atoms with Gasteiger partial charge in [0.1, 0.15) is 0 Å². The van der Waals surface area contributed by atoms with Gasteiger partial charge in [0.05, 0.1) is 0 Å². The van der Waals surface area contributed by atoms with Crippen molar-refractivity contribution in [3.63, 3.8) is 0 Å². The third-order valence-electron chi connectivity index (χ3n) is 4.46. The van der Waals surface area contributed by atoms with Crippen LogP contribution in [-0.2, 0) is 6.54 Å². The zero-order valence-corrected chi connectivity index (χ0v) is 14.4. The van der Waals surface area contributed by atoms with Crippen LogP contribution in [0.5, 0.6) is 0 Å². The predicted molar refractivity (Wildman–Crippen MR) is 104 cm³/mol. The van der Waals surface area contributed by atoms with Crippen LogP contribution in [0.25, 0.3) is 0 Å². The highest BCUT2D eigenvalue weighted by Gasteiger charge is 2.31. The van der Waals surface area contributed by atoms with Crippen molar-refractivity contribution >= 4 is 23.2 Å². The van der Waals surface area contributed by atoms with Crippen molar-refractivity contribution in [1.29, 1.82) is 0 Å². The fraction of sp³-hybridized carbons (Fsp3) is 0.143. The molecular weight excluding hydrogens is 297 g/mol. The van der Waals surface area contributed by atoms with E-state index >= 15 is 0 Å². The van der Waals surface area contributed by atoms with E-state index in [9.17, 15) is 0 Å². The van der Waals surface area contributed by atoms with E-state index in [1.54, 1.807) is 0 Å². The fourth-order valence-electron chi connectivity index (χ4n) is 3.28. The Morgan fingerprint density at radius 3 is 1.70 bits per heavy atom. The van der Waals surface area contributed by atoms with Gasteiger partial charge in [-0.05, 0) is 41.0 Å². The fourth-order valence-corrected chi connectivity index (χ4v) is 7.36. The smallest absolute Gasteiger partial charge is 0.0178 e. The molecule has 0 aliphatic carbocycles. The van der Waals surface area contributed by atoms with Gasteiger partial charge in [0.2, 0.25) is 0 Å². The summed E-state index contributed by atoms with van der Waals surface area (Å²) in [6, 6.07) is 30.7. The monoisotopic (exact) mass is 320 g/mol. The number of hydrogen-bond donors (Lipinski definition) is 1. The summed E-state index contributed by atoms with van der Waals surface area (Å²) in [4.78, 5) is 0. The molecular formula is C21H23NP. The summed E-state index contributed by atoms with van der Waals surface area (Å²) in [5.74, 6) is 0. The third-order valence-corrected chi connectivity index (χ3v) is 8.92. The van der Waals surface area contributed by atoms with E-state index in [2.05, 4.69) is 91.9 Å². The Labute approximate surface area is 139 Å². The standard InChI is InChI=1S/C21H23NP/c1-2-23(19-11-5-3-6-12-19,20-13-7-4-8-14-20)21-15-9-10-18(16-21)17-22/h3-16H,2,17,22H2,1H3. The van der Waals surface area contributed by atoms with Crippen LogP contribution >= 0.6 is 7.26 Å². The molecule has 0 saturated carbocycles. The molecule has 117 valence electrons. The maximum atomic E-state index is 5.89. The van der Waals surface area contributed by atoms with Gasteiger partial charge in [-0.3, -0.25) is 0 Å². The molecule has 1 nitrogen and oxygen atoms in total. The molecule has 0 aliphatic rings. The first-order valence-electron chi connectivity index (χ1n) is 8.10. The molecule has 0 unspecified atom stereocenters. The van der Waals surface area contributed by atoms with Crippen LogP contribution in [-0.4, -0.2) is 6.16 Å². The van der Waals surface area contributed by atoms with Gasteiger partial charge in [-0.15, -0.1) is 0 Å². The summed E-state index contributed by atoms with van der Waals surface area (Å²) in [6.07, 6.45) is 1.11. The minimum absolute atomic E-state index is 0.584. The number of rotatable bonds is 5. The Morgan fingerprint density at radius 2 is 1.22 bits per heavy atom. The predicted octanol–water partition coefficient (Wildman–Crippen LogP) is 3.46. The van der Waals surface area contributed by atoms with E-state index in [-0.39, 0.29) is 0 Å². The van der Waals surface area contributed by atoms with Crippen molar-refractivity contribution in [3.8, 4) is 0 Å². The van der Waals surface area contributed by atoms with E-state index in [0.717, 1.165) is 6.16 Å². The Morgan fingerprint density at radius 1 is 0.696 bits per heavy atom. The molecule has 2 heteroatoms. The summed E-state index contributed by atoms with van der Waals surface area (Å²) < 4.78 is 0. The van der Waals surface area contributed by atoms with Gasteiger partial charge in [0.15, 0.2) is 0 Å². The molecule has 2 N–H and O–H groups in total. The minimum Gasteiger partial charge on any atom is -0.326 e. The van der Waals surface area contributed by atoms with Gasteiger partial charge < -0.3 is 5.73 Å². The summed E-state index contributed by atoms with van der Waals surface area (Å²) in [6.45, 7) is 2.89. The Hall–Kier alpha value is -1.95. The number of hydrogen-bond acceptors (Lipinski definition) is 1. The van der Waals surface area contributed by atoms with Crippen LogP contribution in [0, 0.1) is 0 Å². The van der Waals surface area contributed by atoms with E-state index in [1.807, 2.05) is 0 Å². The summed E-state index contributed by atoms with van der Waals surface area (Å²) in [7, 11) is -1.63. The topological polar surface area (TPSA) is 26.0 Å². The second-order valence-electron chi connectivity index (χ2n) is 5.67. The van der Waals surface area contributed by atoms with E-state index in [0.29, 0.717) is 6.54 Å². The molecule has 0 amide bonds. The van der Waals surface area contributed by atoms with Crippen LogP contribution < -0.4 is 21.6 Å². The minimum atomic E-state index is -1.63. The van der Waals surface area contributed by atoms with Crippen molar-refractivity contribution in [2.24, 2.45) is 5.73 Å². The Kier molecular flexibility index (Phi) is 4.91. The van der Waals surface area contributed by atoms with E-state index in [4.69, 9.17) is 5.73 Å². The normalized spacial score (nSPS) is 11.4. The van der Waals surface area contributed by atoms with Crippen molar-refractivity contribution in [2.45, 2.75) is 13.5 Å². The van der Waals surface area contributed by atoms with E-state index in [1.165, 1.54) is 21.5 Å². The first-order valence-corrected chi connectivity index (χ1v) is 10.1. The quantitative estimate of drug-likeness (QED) is 0.716. The maximum Gasteiger partial charge on any atom is 0.0178 e. The zero-order valence-electron chi connectivity index (χ0n) is 13.5. The molecule has 0 bridgehead atoms. The van der Waals surface area contributed by atoms with Crippen molar-refractivity contribution in [3.05, 3.63) is 90.5 Å². The molecule has 0 atom stereocenters. The molecule has 3 aromatic carbocycles. The summed E-state index contributed by atoms with van der Waals surface area (Å²) in [5, 5.41) is 4.28. The second kappa shape index (κ2) is 7.08. The SMILES string of the molecule is CC[P](c1ccccc1)(c1ccccc1)c1cccc(CN)c1. The molecule has 0 aliphatic heterocycles. The highest BCUT2D eigenvalue weighted by Crippen LogP contribution is 2.54. The molecule has 0 heterocycles. The molecule has 0 spiro atoms. The lowest BCUT2D eigenvalue weighted by Crippen LogP contribution is -2.33. The number of benzene rings is 3. The Bertz CT molecular complexity index is 714. The first-order chi connectivity index (χ1) is 11.3. The van der Waals surface area contributed by atoms with Crippen LogP contribution in [0.1, 0.15) is 12.5 Å². The van der Waals surface area contributed by atoms with Gasteiger partial charge in [-0.2, -0.15) is 0 Å². The second-order valence-corrected chi connectivity index (χ2v) is 9.47. The average molecular weight is 320 g/mol. The maximum absolute atomic E-state index is 5.89. The lowest BCUT2D eigenvalue weighted by Gasteiger charge is -2.37. The van der Waals surface area contributed by atoms with Crippen LogP contribution in [0.4, 0.5) is 0 Å². The van der Waals surface area contributed by atoms with E-state index < -0.39 is 7.26 Å². The molecule has 3 rings (SSSR count). The van der Waals surface area contributed by atoms with Crippen molar-refractivity contribution in [2.75, 3.05) is 6.16 Å². The third kappa shape index (κ3) is 2.95. The molecule has 0 aromatic heterocycles. The zero-order chi connectivity index (χ0) is 16.1. The van der Waals surface area contributed by atoms with Crippen LogP contribution in [0.15, 0.2) is 84.9 Å². The lowest BCUT2D eigenvalue weighted by molar-refractivity contribution is 1.07. The number of nitrogens with two attached hydrogens (primary N) is 1. The van der Waals surface area contributed by atoms with Gasteiger partial charge in [-0.1, -0.05) is 85.8 Å². The van der Waals surface area contributed by atoms with Gasteiger partial charge in [0, 0.05) is 6.54 Å². The lowest BCUT2D eigenvalue weighted by atomic mass is 10.2. The van der Waals surface area contributed by atoms with Gasteiger partial charge in [-0.25, -0.2) is 0 Å². The molecule has 23 heavy (non-hydrogen) atoms. The van der Waals surface area contributed by atoms with Gasteiger partial charge in [0.25, 0.3) is 0 Å². The molecule has 1 radical (unpaired) electrons. The summed E-state index contributed by atoms with van der Waals surface area (Å²) in [5.41, 5.74) is 7.09. The van der Waals surface area contributed by atoms with Crippen molar-refractivity contribution < 1.29 is 0 Å². The highest BCUT2D eigenvalue weighted by atomic mass is 31.2. The molecule has 0 fully saturated rings. The summed E-state index contributed by atoms with van der Waals surface area (Å²) >= 11 is 0. The largest absolute Gasteiger partial charge is 0.326 e. The molecule has 3 aromatic rings. The Balaban J connectivity index is 2.29. The average Bonchev–Trinajstić information content (AvgIpc) is 2.65.